The third-order valence-corrected chi connectivity index (χ3v) is 3.84. The molecule has 0 unspecified atom stereocenters. The van der Waals surface area contributed by atoms with Crippen molar-refractivity contribution in [1.82, 2.24) is 10.1 Å². The molecule has 0 spiro atoms. The molecule has 1 amide bonds. The molecule has 2 aromatic heterocycles. The van der Waals surface area contributed by atoms with E-state index in [0.717, 1.165) is 5.56 Å². The Morgan fingerprint density at radius 1 is 1.20 bits per heavy atom. The van der Waals surface area contributed by atoms with Gasteiger partial charge in [0.05, 0.1) is 17.6 Å². The van der Waals surface area contributed by atoms with Gasteiger partial charge in [0.15, 0.2) is 0 Å². The fourth-order valence-electron chi connectivity index (χ4n) is 2.36. The van der Waals surface area contributed by atoms with E-state index in [-0.39, 0.29) is 5.91 Å². The maximum atomic E-state index is 12.3. The zero-order valence-electron chi connectivity index (χ0n) is 14.0. The normalized spacial score (nSPS) is 10.6. The lowest BCUT2D eigenvalue weighted by Crippen LogP contribution is -2.13. The lowest BCUT2D eigenvalue weighted by molar-refractivity contribution is 0.102. The van der Waals surface area contributed by atoms with E-state index < -0.39 is 0 Å². The van der Waals surface area contributed by atoms with E-state index in [1.165, 1.54) is 6.20 Å². The van der Waals surface area contributed by atoms with Crippen molar-refractivity contribution in [2.75, 3.05) is 5.32 Å². The molecule has 0 saturated carbocycles. The molecule has 7 heteroatoms. The van der Waals surface area contributed by atoms with Crippen LogP contribution in [0.25, 0.3) is 0 Å². The summed E-state index contributed by atoms with van der Waals surface area (Å²) in [5.74, 6) is 1.27. The van der Waals surface area contributed by atoms with E-state index in [1.54, 1.807) is 38.1 Å². The second-order valence-electron chi connectivity index (χ2n) is 5.55. The van der Waals surface area contributed by atoms with Crippen LogP contribution in [0.3, 0.4) is 0 Å². The van der Waals surface area contributed by atoms with Gasteiger partial charge in [-0.1, -0.05) is 16.8 Å². The fourth-order valence-corrected chi connectivity index (χ4v) is 2.58. The Morgan fingerprint density at radius 2 is 2.00 bits per heavy atom. The molecule has 0 radical (unpaired) electrons. The highest BCUT2D eigenvalue weighted by Crippen LogP contribution is 2.26. The Hall–Kier alpha value is -2.86. The number of carbonyl (C=O) groups excluding carboxylic acids is 1. The number of nitrogens with zero attached hydrogens (tertiary/aromatic N) is 2. The van der Waals surface area contributed by atoms with Gasteiger partial charge >= 0.3 is 0 Å². The largest absolute Gasteiger partial charge is 0.439 e. The Labute approximate surface area is 149 Å². The number of nitrogens with one attached hydrogen (secondary N) is 1. The van der Waals surface area contributed by atoms with Crippen LogP contribution in [0.15, 0.2) is 41.1 Å². The molecule has 128 valence electrons. The van der Waals surface area contributed by atoms with Crippen LogP contribution in [0, 0.1) is 20.8 Å². The Kier molecular flexibility index (Phi) is 4.72. The van der Waals surface area contributed by atoms with Crippen molar-refractivity contribution in [2.45, 2.75) is 20.8 Å². The number of halogens is 1. The Bertz CT molecular complexity index is 900. The average Bonchev–Trinajstić information content (AvgIpc) is 2.90. The summed E-state index contributed by atoms with van der Waals surface area (Å²) in [5, 5.41) is 7.18. The first-order valence-corrected chi connectivity index (χ1v) is 7.96. The van der Waals surface area contributed by atoms with Crippen LogP contribution in [0.5, 0.6) is 11.6 Å². The van der Waals surface area contributed by atoms with Gasteiger partial charge < -0.3 is 14.6 Å². The van der Waals surface area contributed by atoms with Gasteiger partial charge in [-0.3, -0.25) is 4.79 Å². The van der Waals surface area contributed by atoms with Crippen molar-refractivity contribution < 1.29 is 14.1 Å². The molecular formula is C18H16ClN3O3. The topological polar surface area (TPSA) is 77.2 Å². The van der Waals surface area contributed by atoms with Gasteiger partial charge in [-0.25, -0.2) is 4.98 Å². The van der Waals surface area contributed by atoms with Crippen molar-refractivity contribution in [3.63, 3.8) is 0 Å². The number of ether oxygens (including phenoxy) is 1. The number of rotatable bonds is 4. The standard InChI is InChI=1S/C18H16ClN3O3/c1-10-8-13(19)4-6-15(10)24-16-7-5-14(9-20-16)21-18(23)17-11(2)22-25-12(17)3/h4-9H,1-3H3,(H,21,23). The lowest BCUT2D eigenvalue weighted by atomic mass is 10.2. The molecule has 2 heterocycles. The van der Waals surface area contributed by atoms with Crippen LogP contribution < -0.4 is 10.1 Å². The molecule has 0 aliphatic carbocycles. The van der Waals surface area contributed by atoms with E-state index in [4.69, 9.17) is 20.9 Å². The Balaban J connectivity index is 1.71. The van der Waals surface area contributed by atoms with Gasteiger partial charge in [0, 0.05) is 11.1 Å². The van der Waals surface area contributed by atoms with Gasteiger partial charge in [0.25, 0.3) is 5.91 Å². The number of hydrogen-bond acceptors (Lipinski definition) is 5. The van der Waals surface area contributed by atoms with Gasteiger partial charge in [0.2, 0.25) is 5.88 Å². The molecule has 1 N–H and O–H groups in total. The molecule has 0 saturated heterocycles. The zero-order chi connectivity index (χ0) is 18.0. The number of amides is 1. The summed E-state index contributed by atoms with van der Waals surface area (Å²) in [7, 11) is 0. The minimum atomic E-state index is -0.291. The summed E-state index contributed by atoms with van der Waals surface area (Å²) < 4.78 is 10.7. The van der Waals surface area contributed by atoms with Crippen LogP contribution in [-0.2, 0) is 0 Å². The maximum absolute atomic E-state index is 12.3. The molecule has 25 heavy (non-hydrogen) atoms. The minimum Gasteiger partial charge on any atom is -0.439 e. The van der Waals surface area contributed by atoms with Crippen molar-refractivity contribution >= 4 is 23.2 Å². The molecule has 1 aromatic carbocycles. The van der Waals surface area contributed by atoms with E-state index >= 15 is 0 Å². The molecule has 3 rings (SSSR count). The molecule has 0 atom stereocenters. The molecule has 3 aromatic rings. The van der Waals surface area contributed by atoms with Crippen LogP contribution >= 0.6 is 11.6 Å². The smallest absolute Gasteiger partial charge is 0.261 e. The summed E-state index contributed by atoms with van der Waals surface area (Å²) in [5.41, 5.74) is 2.42. The monoisotopic (exact) mass is 357 g/mol. The number of anilines is 1. The molecule has 0 aliphatic rings. The quantitative estimate of drug-likeness (QED) is 0.732. The second kappa shape index (κ2) is 6.94. The number of aromatic nitrogens is 2. The third kappa shape index (κ3) is 3.80. The first-order valence-electron chi connectivity index (χ1n) is 7.58. The predicted octanol–water partition coefficient (Wildman–Crippen LogP) is 4.69. The van der Waals surface area contributed by atoms with Crippen molar-refractivity contribution in [2.24, 2.45) is 0 Å². The van der Waals surface area contributed by atoms with Crippen molar-refractivity contribution in [3.8, 4) is 11.6 Å². The van der Waals surface area contributed by atoms with E-state index in [2.05, 4.69) is 15.5 Å². The molecular weight excluding hydrogens is 342 g/mol. The minimum absolute atomic E-state index is 0.291. The van der Waals surface area contributed by atoms with Gasteiger partial charge in [0.1, 0.15) is 17.1 Å². The lowest BCUT2D eigenvalue weighted by Gasteiger charge is -2.09. The maximum Gasteiger partial charge on any atom is 0.261 e. The highest BCUT2D eigenvalue weighted by molar-refractivity contribution is 6.30. The number of carbonyl (C=O) groups is 1. The zero-order valence-corrected chi connectivity index (χ0v) is 14.7. The van der Waals surface area contributed by atoms with Gasteiger partial charge in [-0.2, -0.15) is 0 Å². The third-order valence-electron chi connectivity index (χ3n) is 3.61. The summed E-state index contributed by atoms with van der Waals surface area (Å²) in [6, 6.07) is 8.74. The predicted molar refractivity (Wildman–Crippen MR) is 94.4 cm³/mol. The molecule has 0 bridgehead atoms. The molecule has 0 fully saturated rings. The first kappa shape index (κ1) is 17.0. The highest BCUT2D eigenvalue weighted by Gasteiger charge is 2.17. The van der Waals surface area contributed by atoms with E-state index in [1.807, 2.05) is 13.0 Å². The SMILES string of the molecule is Cc1cc(Cl)ccc1Oc1ccc(NC(=O)c2c(C)noc2C)cn1. The average molecular weight is 358 g/mol. The molecule has 6 nitrogen and oxygen atoms in total. The van der Waals surface area contributed by atoms with E-state index in [0.29, 0.717) is 39.4 Å². The van der Waals surface area contributed by atoms with Crippen LogP contribution in [0.1, 0.15) is 27.4 Å². The number of benzene rings is 1. The van der Waals surface area contributed by atoms with Crippen LogP contribution in [-0.4, -0.2) is 16.0 Å². The van der Waals surface area contributed by atoms with Gasteiger partial charge in [-0.15, -0.1) is 0 Å². The van der Waals surface area contributed by atoms with Crippen molar-refractivity contribution in [1.29, 1.82) is 0 Å². The summed E-state index contributed by atoms with van der Waals surface area (Å²) in [6.45, 7) is 5.31. The van der Waals surface area contributed by atoms with Crippen molar-refractivity contribution in [3.05, 3.63) is 64.1 Å². The summed E-state index contributed by atoms with van der Waals surface area (Å²) >= 11 is 5.93. The van der Waals surface area contributed by atoms with Crippen LogP contribution in [0.4, 0.5) is 5.69 Å². The number of pyridine rings is 1. The van der Waals surface area contributed by atoms with Gasteiger partial charge in [-0.05, 0) is 50.6 Å². The Morgan fingerprint density at radius 3 is 2.60 bits per heavy atom. The second-order valence-corrected chi connectivity index (χ2v) is 5.99. The van der Waals surface area contributed by atoms with E-state index in [9.17, 15) is 4.79 Å². The van der Waals surface area contributed by atoms with Crippen LogP contribution in [0.2, 0.25) is 5.02 Å². The number of hydrogen-bond donors (Lipinski definition) is 1. The first-order chi connectivity index (χ1) is 11.9. The number of aryl methyl sites for hydroxylation is 3. The fraction of sp³-hybridized carbons (Fsp3) is 0.167. The molecule has 0 aliphatic heterocycles. The highest BCUT2D eigenvalue weighted by atomic mass is 35.5. The summed E-state index contributed by atoms with van der Waals surface area (Å²) in [4.78, 5) is 16.5. The summed E-state index contributed by atoms with van der Waals surface area (Å²) in [6.07, 6.45) is 1.52.